The number of aromatic nitrogens is 2. The number of hydrogen-bond acceptors (Lipinski definition) is 4. The van der Waals surface area contributed by atoms with Gasteiger partial charge in [-0.2, -0.15) is 11.8 Å². The summed E-state index contributed by atoms with van der Waals surface area (Å²) in [4.78, 5) is 18.5. The lowest BCUT2D eigenvalue weighted by Crippen LogP contribution is -2.44. The zero-order valence-corrected chi connectivity index (χ0v) is 14.6. The van der Waals surface area contributed by atoms with Crippen LogP contribution in [-0.4, -0.2) is 56.7 Å². The fraction of sp³-hybridized carbons (Fsp3) is 0.750. The number of carbonyl (C=O) groups is 1. The van der Waals surface area contributed by atoms with E-state index in [1.807, 2.05) is 23.5 Å². The Hall–Kier alpha value is -1.01. The van der Waals surface area contributed by atoms with Crippen LogP contribution >= 0.6 is 11.8 Å². The molecule has 1 fully saturated rings. The minimum atomic E-state index is -0.846. The highest BCUT2D eigenvalue weighted by molar-refractivity contribution is 7.98. The van der Waals surface area contributed by atoms with E-state index in [1.165, 1.54) is 0 Å². The van der Waals surface area contributed by atoms with E-state index in [-0.39, 0.29) is 5.91 Å². The van der Waals surface area contributed by atoms with Gasteiger partial charge < -0.3 is 14.6 Å². The van der Waals surface area contributed by atoms with E-state index in [0.29, 0.717) is 31.5 Å². The van der Waals surface area contributed by atoms with E-state index in [1.54, 1.807) is 11.8 Å². The number of imidazole rings is 1. The second kappa shape index (κ2) is 8.02. The fourth-order valence-corrected chi connectivity index (χ4v) is 3.46. The van der Waals surface area contributed by atoms with Crippen LogP contribution in [0.25, 0.3) is 0 Å². The lowest BCUT2D eigenvalue weighted by atomic mass is 9.95. The molecule has 0 aliphatic carbocycles. The second-order valence-electron chi connectivity index (χ2n) is 6.18. The summed E-state index contributed by atoms with van der Waals surface area (Å²) in [5.74, 6) is 2.24. The highest BCUT2D eigenvalue weighted by Gasteiger charge is 2.29. The lowest BCUT2D eigenvalue weighted by Gasteiger charge is -2.33. The third-order valence-electron chi connectivity index (χ3n) is 4.31. The Morgan fingerprint density at radius 2 is 2.14 bits per heavy atom. The SMILES string of the molecule is CSCC[C@@H](O)C(=O)N1CCC(c2nccn2C(C)C)CC1. The van der Waals surface area contributed by atoms with Crippen LogP contribution in [0.4, 0.5) is 0 Å². The third-order valence-corrected chi connectivity index (χ3v) is 4.95. The van der Waals surface area contributed by atoms with Gasteiger partial charge in [0.1, 0.15) is 11.9 Å². The van der Waals surface area contributed by atoms with Gasteiger partial charge in [-0.15, -0.1) is 0 Å². The van der Waals surface area contributed by atoms with Gasteiger partial charge in [0.15, 0.2) is 0 Å². The molecule has 0 unspecified atom stereocenters. The molecule has 0 spiro atoms. The number of piperidine rings is 1. The highest BCUT2D eigenvalue weighted by atomic mass is 32.2. The molecule has 6 heteroatoms. The molecule has 1 N–H and O–H groups in total. The van der Waals surface area contributed by atoms with Gasteiger partial charge in [0, 0.05) is 37.4 Å². The quantitative estimate of drug-likeness (QED) is 0.872. The number of likely N-dealkylation sites (tertiary alicyclic amines) is 1. The molecular formula is C16H27N3O2S. The average Bonchev–Trinajstić information content (AvgIpc) is 3.02. The van der Waals surface area contributed by atoms with Gasteiger partial charge in [0.05, 0.1) is 0 Å². The Morgan fingerprint density at radius 3 is 2.73 bits per heavy atom. The van der Waals surface area contributed by atoms with Gasteiger partial charge >= 0.3 is 0 Å². The van der Waals surface area contributed by atoms with Crippen LogP contribution < -0.4 is 0 Å². The molecule has 0 aromatic carbocycles. The summed E-state index contributed by atoms with van der Waals surface area (Å²) in [7, 11) is 0. The summed E-state index contributed by atoms with van der Waals surface area (Å²) >= 11 is 1.66. The first kappa shape index (κ1) is 17.3. The largest absolute Gasteiger partial charge is 0.383 e. The molecule has 2 rings (SSSR count). The number of amides is 1. The Balaban J connectivity index is 1.90. The smallest absolute Gasteiger partial charge is 0.251 e. The molecule has 22 heavy (non-hydrogen) atoms. The Kier molecular flexibility index (Phi) is 6.32. The number of nitrogens with zero attached hydrogens (tertiary/aromatic N) is 3. The van der Waals surface area contributed by atoms with Crippen LogP contribution in [-0.2, 0) is 4.79 Å². The first-order valence-electron chi connectivity index (χ1n) is 8.03. The first-order chi connectivity index (χ1) is 10.5. The Bertz CT molecular complexity index is 481. The van der Waals surface area contributed by atoms with E-state index in [0.717, 1.165) is 24.4 Å². The molecule has 1 aromatic heterocycles. The summed E-state index contributed by atoms with van der Waals surface area (Å²) in [5, 5.41) is 9.95. The predicted octanol–water partition coefficient (Wildman–Crippen LogP) is 2.28. The van der Waals surface area contributed by atoms with E-state index < -0.39 is 6.10 Å². The zero-order valence-electron chi connectivity index (χ0n) is 13.7. The van der Waals surface area contributed by atoms with E-state index in [9.17, 15) is 9.90 Å². The third kappa shape index (κ3) is 4.04. The Labute approximate surface area is 137 Å². The Morgan fingerprint density at radius 1 is 1.45 bits per heavy atom. The monoisotopic (exact) mass is 325 g/mol. The van der Waals surface area contributed by atoms with Crippen LogP contribution in [0.2, 0.25) is 0 Å². The maximum Gasteiger partial charge on any atom is 0.251 e. The molecule has 1 aliphatic rings. The van der Waals surface area contributed by atoms with E-state index >= 15 is 0 Å². The van der Waals surface area contributed by atoms with Gasteiger partial charge in [-0.3, -0.25) is 4.79 Å². The molecule has 5 nitrogen and oxygen atoms in total. The van der Waals surface area contributed by atoms with Crippen molar-refractivity contribution in [3.8, 4) is 0 Å². The number of aliphatic hydroxyl groups excluding tert-OH is 1. The van der Waals surface area contributed by atoms with Gasteiger partial charge in [-0.05, 0) is 45.1 Å². The van der Waals surface area contributed by atoms with Gasteiger partial charge in [-0.1, -0.05) is 0 Å². The second-order valence-corrected chi connectivity index (χ2v) is 7.17. The van der Waals surface area contributed by atoms with Crippen molar-refractivity contribution in [3.63, 3.8) is 0 Å². The van der Waals surface area contributed by atoms with Crippen LogP contribution in [0.1, 0.15) is 50.9 Å². The van der Waals surface area contributed by atoms with Crippen molar-refractivity contribution in [2.24, 2.45) is 0 Å². The minimum absolute atomic E-state index is 0.111. The first-order valence-corrected chi connectivity index (χ1v) is 9.42. The van der Waals surface area contributed by atoms with E-state index in [2.05, 4.69) is 23.4 Å². The summed E-state index contributed by atoms with van der Waals surface area (Å²) in [6.45, 7) is 5.74. The normalized spacial score (nSPS) is 18.0. The standard InChI is InChI=1S/C16H27N3O2S/c1-12(2)19-10-7-17-15(19)13-4-8-18(9-5-13)16(21)14(20)6-11-22-3/h7,10,12-14,20H,4-6,8-9,11H2,1-3H3/t14-/m1/s1. The van der Waals surface area contributed by atoms with E-state index in [4.69, 9.17) is 0 Å². The molecule has 1 aliphatic heterocycles. The van der Waals surface area contributed by atoms with Crippen molar-refractivity contribution < 1.29 is 9.90 Å². The molecule has 1 saturated heterocycles. The van der Waals surface area contributed by atoms with Crippen molar-refractivity contribution in [1.82, 2.24) is 14.5 Å². The average molecular weight is 325 g/mol. The van der Waals surface area contributed by atoms with Crippen molar-refractivity contribution in [3.05, 3.63) is 18.2 Å². The maximum atomic E-state index is 12.2. The molecule has 0 radical (unpaired) electrons. The predicted molar refractivity (Wildman–Crippen MR) is 90.2 cm³/mol. The summed E-state index contributed by atoms with van der Waals surface area (Å²) in [6, 6.07) is 0.408. The molecule has 1 atom stereocenters. The number of hydrogen-bond donors (Lipinski definition) is 1. The number of thioether (sulfide) groups is 1. The highest BCUT2D eigenvalue weighted by Crippen LogP contribution is 2.28. The number of aliphatic hydroxyl groups is 1. The maximum absolute atomic E-state index is 12.2. The van der Waals surface area contributed by atoms with Crippen LogP contribution in [0.15, 0.2) is 12.4 Å². The van der Waals surface area contributed by atoms with Crippen molar-refractivity contribution >= 4 is 17.7 Å². The topological polar surface area (TPSA) is 58.4 Å². The molecule has 1 amide bonds. The number of rotatable bonds is 6. The van der Waals surface area contributed by atoms with Crippen molar-refractivity contribution in [2.75, 3.05) is 25.1 Å². The molecule has 0 saturated carbocycles. The lowest BCUT2D eigenvalue weighted by molar-refractivity contribution is -0.141. The van der Waals surface area contributed by atoms with Crippen LogP contribution in [0, 0.1) is 0 Å². The molecule has 2 heterocycles. The van der Waals surface area contributed by atoms with Gasteiger partial charge in [0.25, 0.3) is 5.91 Å². The summed E-state index contributed by atoms with van der Waals surface area (Å²) < 4.78 is 2.22. The fourth-order valence-electron chi connectivity index (χ4n) is 3.00. The minimum Gasteiger partial charge on any atom is -0.383 e. The zero-order chi connectivity index (χ0) is 16.1. The molecule has 124 valence electrons. The molecule has 1 aromatic rings. The number of carbonyl (C=O) groups excluding carboxylic acids is 1. The van der Waals surface area contributed by atoms with Gasteiger partial charge in [0.2, 0.25) is 0 Å². The molecule has 0 bridgehead atoms. The van der Waals surface area contributed by atoms with Gasteiger partial charge in [-0.25, -0.2) is 4.98 Å². The molecular weight excluding hydrogens is 298 g/mol. The summed E-state index contributed by atoms with van der Waals surface area (Å²) in [5.41, 5.74) is 0. The van der Waals surface area contributed by atoms with Crippen LogP contribution in [0.3, 0.4) is 0 Å². The van der Waals surface area contributed by atoms with Crippen molar-refractivity contribution in [2.45, 2.75) is 51.2 Å². The van der Waals surface area contributed by atoms with Crippen molar-refractivity contribution in [1.29, 1.82) is 0 Å². The summed E-state index contributed by atoms with van der Waals surface area (Å²) in [6.07, 6.45) is 7.41. The van der Waals surface area contributed by atoms with Crippen LogP contribution in [0.5, 0.6) is 0 Å².